The van der Waals surface area contributed by atoms with Crippen molar-refractivity contribution in [3.8, 4) is 0 Å². The van der Waals surface area contributed by atoms with Gasteiger partial charge in [0, 0.05) is 17.6 Å². The highest BCUT2D eigenvalue weighted by molar-refractivity contribution is 6.03. The lowest BCUT2D eigenvalue weighted by Crippen LogP contribution is -2.41. The van der Waals surface area contributed by atoms with Crippen LogP contribution in [0.3, 0.4) is 0 Å². The van der Waals surface area contributed by atoms with Crippen molar-refractivity contribution in [3.05, 3.63) is 74.4 Å². The highest BCUT2D eigenvalue weighted by atomic mass is 16.3. The summed E-state index contributed by atoms with van der Waals surface area (Å²) in [5.41, 5.74) is 2.75. The number of nitrogens with zero attached hydrogens (tertiary/aromatic N) is 2. The molecule has 2 heterocycles. The minimum atomic E-state index is -0.502. The zero-order valence-corrected chi connectivity index (χ0v) is 18.6. The van der Waals surface area contributed by atoms with Crippen LogP contribution in [0.5, 0.6) is 0 Å². The van der Waals surface area contributed by atoms with Crippen molar-refractivity contribution in [2.24, 2.45) is 0 Å². The second kappa shape index (κ2) is 8.86. The van der Waals surface area contributed by atoms with Gasteiger partial charge in [-0.15, -0.1) is 0 Å². The molecule has 1 N–H and O–H groups in total. The Balaban J connectivity index is 1.85. The average Bonchev–Trinajstić information content (AvgIpc) is 3.18. The number of carbonyl (C=O) groups is 1. The number of aryl methyl sites for hydroxylation is 2. The molecule has 0 unspecified atom stereocenters. The highest BCUT2D eigenvalue weighted by Gasteiger charge is 2.21. The molecule has 0 bridgehead atoms. The molecule has 0 saturated carbocycles. The van der Waals surface area contributed by atoms with E-state index in [1.807, 2.05) is 45.0 Å². The fraction of sp³-hybridized carbons (Fsp3) is 0.320. The summed E-state index contributed by atoms with van der Waals surface area (Å²) < 4.78 is 8.36. The third-order valence-corrected chi connectivity index (χ3v) is 5.78. The SMILES string of the molecule is CCCCn1c(=O)c2oc3ccccc3c2n(CC(=O)Nc2c(C)cccc2CC)c1=O. The lowest BCUT2D eigenvalue weighted by molar-refractivity contribution is -0.116. The van der Waals surface area contributed by atoms with Crippen LogP contribution >= 0.6 is 0 Å². The van der Waals surface area contributed by atoms with E-state index in [9.17, 15) is 14.4 Å². The van der Waals surface area contributed by atoms with E-state index in [-0.39, 0.29) is 24.6 Å². The predicted octanol–water partition coefficient (Wildman–Crippen LogP) is 4.22. The largest absolute Gasteiger partial charge is 0.449 e. The number of hydrogen-bond acceptors (Lipinski definition) is 4. The maximum Gasteiger partial charge on any atom is 0.332 e. The molecule has 2 aromatic carbocycles. The van der Waals surface area contributed by atoms with Crippen LogP contribution in [0.2, 0.25) is 0 Å². The summed E-state index contributed by atoms with van der Waals surface area (Å²) in [5, 5.41) is 3.61. The first-order chi connectivity index (χ1) is 15.5. The van der Waals surface area contributed by atoms with Crippen molar-refractivity contribution in [2.45, 2.75) is 53.1 Å². The van der Waals surface area contributed by atoms with Crippen LogP contribution < -0.4 is 16.6 Å². The molecule has 0 aliphatic heterocycles. The third kappa shape index (κ3) is 3.75. The standard InChI is InChI=1S/C25H27N3O4/c1-4-6-14-27-24(30)23-22(18-12-7-8-13-19(18)32-23)28(25(27)31)15-20(29)26-21-16(3)10-9-11-17(21)5-2/h7-13H,4-6,14-15H2,1-3H3,(H,26,29). The molecular formula is C25H27N3O4. The van der Waals surface area contributed by atoms with Gasteiger partial charge in [0.2, 0.25) is 11.5 Å². The minimum Gasteiger partial charge on any atom is -0.449 e. The van der Waals surface area contributed by atoms with E-state index >= 15 is 0 Å². The number of aromatic nitrogens is 2. The van der Waals surface area contributed by atoms with E-state index in [4.69, 9.17) is 4.42 Å². The molecule has 2 aromatic heterocycles. The molecule has 0 spiro atoms. The van der Waals surface area contributed by atoms with Crippen LogP contribution in [0.1, 0.15) is 37.8 Å². The number of benzene rings is 2. The molecule has 0 radical (unpaired) electrons. The fourth-order valence-electron chi connectivity index (χ4n) is 4.08. The van der Waals surface area contributed by atoms with Gasteiger partial charge in [-0.3, -0.25) is 18.7 Å². The Kier molecular flexibility index (Phi) is 5.99. The topological polar surface area (TPSA) is 86.2 Å². The van der Waals surface area contributed by atoms with E-state index in [0.29, 0.717) is 22.9 Å². The Bertz CT molecular complexity index is 1430. The lowest BCUT2D eigenvalue weighted by atomic mass is 10.1. The number of unbranched alkanes of at least 4 members (excludes halogenated alkanes) is 1. The Hall–Kier alpha value is -3.61. The van der Waals surface area contributed by atoms with Crippen molar-refractivity contribution >= 4 is 33.7 Å². The first kappa shape index (κ1) is 21.6. The van der Waals surface area contributed by atoms with Crippen LogP contribution in [0.4, 0.5) is 5.69 Å². The monoisotopic (exact) mass is 433 g/mol. The van der Waals surface area contributed by atoms with E-state index in [0.717, 1.165) is 29.7 Å². The van der Waals surface area contributed by atoms with Crippen molar-refractivity contribution < 1.29 is 9.21 Å². The maximum absolute atomic E-state index is 13.3. The van der Waals surface area contributed by atoms with Crippen molar-refractivity contribution in [1.82, 2.24) is 9.13 Å². The van der Waals surface area contributed by atoms with E-state index in [2.05, 4.69) is 5.32 Å². The van der Waals surface area contributed by atoms with Crippen LogP contribution in [0.15, 0.2) is 56.5 Å². The number of anilines is 1. The number of fused-ring (bicyclic) bond motifs is 3. The van der Waals surface area contributed by atoms with Crippen LogP contribution in [-0.4, -0.2) is 15.0 Å². The summed E-state index contributed by atoms with van der Waals surface area (Å²) in [6.45, 7) is 6.01. The third-order valence-electron chi connectivity index (χ3n) is 5.78. The molecule has 4 aromatic rings. The molecular weight excluding hydrogens is 406 g/mol. The maximum atomic E-state index is 13.3. The molecule has 32 heavy (non-hydrogen) atoms. The molecule has 7 heteroatoms. The van der Waals surface area contributed by atoms with Gasteiger partial charge in [-0.1, -0.05) is 50.6 Å². The van der Waals surface area contributed by atoms with Gasteiger partial charge in [-0.05, 0) is 43.0 Å². The summed E-state index contributed by atoms with van der Waals surface area (Å²) in [6, 6.07) is 13.0. The minimum absolute atomic E-state index is 0.0971. The Labute approximate surface area is 185 Å². The second-order valence-electron chi connectivity index (χ2n) is 7.97. The summed E-state index contributed by atoms with van der Waals surface area (Å²) in [7, 11) is 0. The number of hydrogen-bond donors (Lipinski definition) is 1. The predicted molar refractivity (Wildman–Crippen MR) is 126 cm³/mol. The molecule has 0 aliphatic rings. The summed E-state index contributed by atoms with van der Waals surface area (Å²) >= 11 is 0. The summed E-state index contributed by atoms with van der Waals surface area (Å²) in [4.78, 5) is 39.4. The normalized spacial score (nSPS) is 11.3. The Morgan fingerprint density at radius 1 is 1.03 bits per heavy atom. The fourth-order valence-corrected chi connectivity index (χ4v) is 4.08. The number of furan rings is 1. The van der Waals surface area contributed by atoms with Gasteiger partial charge in [0.1, 0.15) is 17.6 Å². The van der Waals surface area contributed by atoms with Gasteiger partial charge in [0.05, 0.1) is 0 Å². The lowest BCUT2D eigenvalue weighted by Gasteiger charge is -2.15. The van der Waals surface area contributed by atoms with Gasteiger partial charge in [-0.25, -0.2) is 4.79 Å². The zero-order valence-electron chi connectivity index (χ0n) is 18.6. The van der Waals surface area contributed by atoms with Gasteiger partial charge in [0.15, 0.2) is 0 Å². The van der Waals surface area contributed by atoms with Crippen molar-refractivity contribution in [1.29, 1.82) is 0 Å². The summed E-state index contributed by atoms with van der Waals surface area (Å²) in [6.07, 6.45) is 2.28. The van der Waals surface area contributed by atoms with Crippen molar-refractivity contribution in [2.75, 3.05) is 5.32 Å². The quantitative estimate of drug-likeness (QED) is 0.473. The van der Waals surface area contributed by atoms with Crippen LogP contribution in [0, 0.1) is 6.92 Å². The smallest absolute Gasteiger partial charge is 0.332 e. The Morgan fingerprint density at radius 3 is 2.56 bits per heavy atom. The van der Waals surface area contributed by atoms with Crippen LogP contribution in [0.25, 0.3) is 22.1 Å². The first-order valence-corrected chi connectivity index (χ1v) is 11.0. The zero-order chi connectivity index (χ0) is 22.8. The van der Waals surface area contributed by atoms with Gasteiger partial charge in [0.25, 0.3) is 5.56 Å². The molecule has 0 fully saturated rings. The molecule has 1 amide bonds. The number of carbonyl (C=O) groups excluding carboxylic acids is 1. The van der Waals surface area contributed by atoms with Gasteiger partial charge >= 0.3 is 5.69 Å². The summed E-state index contributed by atoms with van der Waals surface area (Å²) in [5.74, 6) is -0.330. The second-order valence-corrected chi connectivity index (χ2v) is 7.97. The molecule has 0 saturated heterocycles. The van der Waals surface area contributed by atoms with Gasteiger partial charge in [-0.2, -0.15) is 0 Å². The Morgan fingerprint density at radius 2 is 1.81 bits per heavy atom. The molecule has 7 nitrogen and oxygen atoms in total. The molecule has 4 rings (SSSR count). The van der Waals surface area contributed by atoms with E-state index in [1.54, 1.807) is 18.2 Å². The number of amides is 1. The number of rotatable bonds is 7. The average molecular weight is 434 g/mol. The van der Waals surface area contributed by atoms with E-state index < -0.39 is 11.2 Å². The highest BCUT2D eigenvalue weighted by Crippen LogP contribution is 2.26. The first-order valence-electron chi connectivity index (χ1n) is 11.0. The number of para-hydroxylation sites is 2. The molecule has 166 valence electrons. The molecule has 0 aliphatic carbocycles. The van der Waals surface area contributed by atoms with Crippen LogP contribution in [-0.2, 0) is 24.3 Å². The van der Waals surface area contributed by atoms with E-state index in [1.165, 1.54) is 9.13 Å². The van der Waals surface area contributed by atoms with Gasteiger partial charge < -0.3 is 9.73 Å². The number of nitrogens with one attached hydrogen (secondary N) is 1. The van der Waals surface area contributed by atoms with Crippen molar-refractivity contribution in [3.63, 3.8) is 0 Å². The molecule has 0 atom stereocenters.